The van der Waals surface area contributed by atoms with Crippen molar-refractivity contribution in [2.24, 2.45) is 5.73 Å². The highest BCUT2D eigenvalue weighted by molar-refractivity contribution is 6.31. The highest BCUT2D eigenvalue weighted by Crippen LogP contribution is 2.31. The Morgan fingerprint density at radius 3 is 2.51 bits per heavy atom. The Bertz CT molecular complexity index is 1820. The maximum absolute atomic E-state index is 13.6. The summed E-state index contributed by atoms with van der Waals surface area (Å²) >= 11 is 6.10. The third kappa shape index (κ3) is 6.18. The van der Waals surface area contributed by atoms with E-state index in [-0.39, 0.29) is 23.7 Å². The molecule has 6 rings (SSSR count). The van der Waals surface area contributed by atoms with Crippen molar-refractivity contribution in [1.82, 2.24) is 14.5 Å². The molecule has 0 spiro atoms. The lowest BCUT2D eigenvalue weighted by molar-refractivity contribution is 0.0572. The Labute approximate surface area is 251 Å². The number of nitrogens with two attached hydrogens (primary N) is 1. The van der Waals surface area contributed by atoms with Gasteiger partial charge in [-0.25, -0.2) is 0 Å². The Morgan fingerprint density at radius 1 is 0.953 bits per heavy atom. The van der Waals surface area contributed by atoms with Crippen LogP contribution >= 0.6 is 11.6 Å². The lowest BCUT2D eigenvalue weighted by Gasteiger charge is -2.15. The van der Waals surface area contributed by atoms with Crippen molar-refractivity contribution in [2.45, 2.75) is 18.8 Å². The quantitative estimate of drug-likeness (QED) is 0.204. The number of ether oxygens (including phenoxy) is 2. The molecule has 1 aliphatic rings. The molecule has 43 heavy (non-hydrogen) atoms. The average molecular weight is 601 g/mol. The van der Waals surface area contributed by atoms with Crippen molar-refractivity contribution in [2.75, 3.05) is 26.2 Å². The molecule has 0 aliphatic carbocycles. The van der Waals surface area contributed by atoms with E-state index in [1.165, 1.54) is 0 Å². The average Bonchev–Trinajstić information content (AvgIpc) is 3.52. The van der Waals surface area contributed by atoms with Gasteiger partial charge in [-0.1, -0.05) is 17.7 Å². The first-order valence-electron chi connectivity index (χ1n) is 13.7. The number of pyridine rings is 1. The number of Topliss-reactive ketones (excluding diaryl/α,β-unsaturated/α-hetero) is 1. The normalized spacial score (nSPS) is 17.0. The second-order valence-electron chi connectivity index (χ2n) is 10.5. The lowest BCUT2D eigenvalue weighted by atomic mass is 10.1. The molecule has 220 valence electrons. The van der Waals surface area contributed by atoms with E-state index >= 15 is 0 Å². The van der Waals surface area contributed by atoms with Gasteiger partial charge >= 0.3 is 0 Å². The maximum atomic E-state index is 13.6. The number of aliphatic hydroxyl groups is 2. The second kappa shape index (κ2) is 12.0. The van der Waals surface area contributed by atoms with Crippen LogP contribution in [-0.4, -0.2) is 74.8 Å². The molecule has 0 unspecified atom stereocenters. The van der Waals surface area contributed by atoms with Crippen molar-refractivity contribution < 1.29 is 29.3 Å². The molecule has 0 bridgehead atoms. The van der Waals surface area contributed by atoms with Crippen LogP contribution in [0.15, 0.2) is 79.3 Å². The molecular weight excluding hydrogens is 572 g/mol. The lowest BCUT2D eigenvalue weighted by Crippen LogP contribution is -2.26. The van der Waals surface area contributed by atoms with E-state index in [2.05, 4.69) is 4.98 Å². The molecular formula is C32H29ClN4O6. The zero-order chi connectivity index (χ0) is 30.1. The van der Waals surface area contributed by atoms with Crippen LogP contribution in [0.2, 0.25) is 5.02 Å². The monoisotopic (exact) mass is 600 g/mol. The molecule has 1 fully saturated rings. The molecule has 0 radical (unpaired) electrons. The summed E-state index contributed by atoms with van der Waals surface area (Å²) in [5.41, 5.74) is 6.98. The number of aromatic nitrogens is 2. The van der Waals surface area contributed by atoms with Crippen LogP contribution in [0.25, 0.3) is 21.7 Å². The Hall–Kier alpha value is -4.48. The number of primary amides is 1. The summed E-state index contributed by atoms with van der Waals surface area (Å²) in [6, 6.07) is 17.6. The molecule has 10 nitrogen and oxygen atoms in total. The first-order valence-corrected chi connectivity index (χ1v) is 14.1. The van der Waals surface area contributed by atoms with Crippen LogP contribution in [0.3, 0.4) is 0 Å². The van der Waals surface area contributed by atoms with E-state index < -0.39 is 18.1 Å². The number of carbonyl (C=O) groups excluding carboxylic acids is 2. The van der Waals surface area contributed by atoms with Gasteiger partial charge in [0.2, 0.25) is 5.78 Å². The number of fused-ring (bicyclic) bond motifs is 2. The van der Waals surface area contributed by atoms with Crippen LogP contribution in [0.5, 0.6) is 17.2 Å². The molecule has 2 aromatic heterocycles. The standard InChI is InChI=1S/C32H29ClN4O6/c33-21-4-3-19-12-31(25(32(34)41)11-20(19)10-21)42-18-30(40)26-15-37(9-8-36-16-28(38)29(39)17-36)27-13-22(5-6-24(26)27)43-23-2-1-7-35-14-23/h1-7,10-15,28-29,38-39H,8-9,16-18H2,(H2,34,41)/t28-,29+. The van der Waals surface area contributed by atoms with Crippen molar-refractivity contribution in [3.05, 3.63) is 95.4 Å². The largest absolute Gasteiger partial charge is 0.485 e. The number of amides is 1. The summed E-state index contributed by atoms with van der Waals surface area (Å²) < 4.78 is 13.8. The molecule has 3 aromatic carbocycles. The number of β-amino-alcohol motifs (C(OH)–C–C–N with tert-alkyl or cyclic N) is 2. The molecule has 11 heteroatoms. The molecule has 0 saturated carbocycles. The predicted octanol–water partition coefficient (Wildman–Crippen LogP) is 4.03. The summed E-state index contributed by atoms with van der Waals surface area (Å²) in [6.07, 6.45) is 3.47. The van der Waals surface area contributed by atoms with Gasteiger partial charge in [-0.3, -0.25) is 19.5 Å². The van der Waals surface area contributed by atoms with Gasteiger partial charge in [0.1, 0.15) is 17.2 Å². The number of rotatable bonds is 10. The van der Waals surface area contributed by atoms with E-state index in [0.717, 1.165) is 16.3 Å². The Morgan fingerprint density at radius 2 is 1.77 bits per heavy atom. The van der Waals surface area contributed by atoms with E-state index in [0.29, 0.717) is 53.7 Å². The van der Waals surface area contributed by atoms with Gasteiger partial charge in [0.05, 0.1) is 29.5 Å². The molecule has 4 N–H and O–H groups in total. The van der Waals surface area contributed by atoms with Crippen LogP contribution in [0.4, 0.5) is 0 Å². The number of halogens is 1. The van der Waals surface area contributed by atoms with Gasteiger partial charge < -0.3 is 30.0 Å². The summed E-state index contributed by atoms with van der Waals surface area (Å²) in [7, 11) is 0. The summed E-state index contributed by atoms with van der Waals surface area (Å²) in [5, 5.41) is 22.6. The summed E-state index contributed by atoms with van der Waals surface area (Å²) in [6.45, 7) is 1.47. The van der Waals surface area contributed by atoms with Crippen molar-refractivity contribution in [3.8, 4) is 17.2 Å². The van der Waals surface area contributed by atoms with Crippen LogP contribution in [0.1, 0.15) is 20.7 Å². The number of hydrogen-bond donors (Lipinski definition) is 3. The van der Waals surface area contributed by atoms with Gasteiger partial charge in [-0.15, -0.1) is 0 Å². The number of likely N-dealkylation sites (tertiary alicyclic amines) is 1. The van der Waals surface area contributed by atoms with E-state index in [1.54, 1.807) is 67.1 Å². The van der Waals surface area contributed by atoms with Gasteiger partial charge in [-0.2, -0.15) is 0 Å². The van der Waals surface area contributed by atoms with Crippen molar-refractivity contribution in [1.29, 1.82) is 0 Å². The highest BCUT2D eigenvalue weighted by atomic mass is 35.5. The molecule has 3 heterocycles. The maximum Gasteiger partial charge on any atom is 0.252 e. The highest BCUT2D eigenvalue weighted by Gasteiger charge is 2.29. The van der Waals surface area contributed by atoms with E-state index in [9.17, 15) is 19.8 Å². The molecule has 1 saturated heterocycles. The van der Waals surface area contributed by atoms with Gasteiger partial charge in [-0.05, 0) is 59.3 Å². The number of hydrogen-bond acceptors (Lipinski definition) is 8. The van der Waals surface area contributed by atoms with Crippen LogP contribution in [0, 0.1) is 0 Å². The van der Waals surface area contributed by atoms with E-state index in [1.807, 2.05) is 21.6 Å². The number of benzene rings is 3. The fourth-order valence-electron chi connectivity index (χ4n) is 5.35. The zero-order valence-electron chi connectivity index (χ0n) is 23.0. The SMILES string of the molecule is NC(=O)c1cc2cc(Cl)ccc2cc1OCC(=O)c1cn(CCN2C[C@@H](O)[C@@H](O)C2)c2cc(Oc3cccnc3)ccc12. The fourth-order valence-corrected chi connectivity index (χ4v) is 5.53. The number of nitrogens with zero attached hydrogens (tertiary/aromatic N) is 3. The minimum atomic E-state index is -0.785. The number of ketones is 1. The predicted molar refractivity (Wildman–Crippen MR) is 162 cm³/mol. The van der Waals surface area contributed by atoms with Gasteiger partial charge in [0.25, 0.3) is 5.91 Å². The fraction of sp³-hybridized carbons (Fsp3) is 0.219. The van der Waals surface area contributed by atoms with Gasteiger partial charge in [0.15, 0.2) is 6.61 Å². The summed E-state index contributed by atoms with van der Waals surface area (Å²) in [5.74, 6) is 0.386. The van der Waals surface area contributed by atoms with Crippen LogP contribution in [-0.2, 0) is 6.54 Å². The van der Waals surface area contributed by atoms with E-state index in [4.69, 9.17) is 26.8 Å². The van der Waals surface area contributed by atoms with Crippen molar-refractivity contribution in [3.63, 3.8) is 0 Å². The minimum Gasteiger partial charge on any atom is -0.485 e. The van der Waals surface area contributed by atoms with Crippen LogP contribution < -0.4 is 15.2 Å². The first-order chi connectivity index (χ1) is 20.7. The molecule has 5 aromatic rings. The smallest absolute Gasteiger partial charge is 0.252 e. The van der Waals surface area contributed by atoms with Crippen molar-refractivity contribution >= 4 is 45.0 Å². The second-order valence-corrected chi connectivity index (χ2v) is 11.0. The Kier molecular flexibility index (Phi) is 8.00. The zero-order valence-corrected chi connectivity index (χ0v) is 23.8. The minimum absolute atomic E-state index is 0.150. The number of carbonyl (C=O) groups is 2. The molecule has 1 amide bonds. The van der Waals surface area contributed by atoms with Gasteiger partial charge in [0, 0.05) is 60.6 Å². The third-order valence-electron chi connectivity index (χ3n) is 7.54. The molecule has 1 aliphatic heterocycles. The topological polar surface area (TPSA) is 140 Å². The molecule has 2 atom stereocenters. The Balaban J connectivity index is 1.28. The number of aliphatic hydroxyl groups excluding tert-OH is 2. The third-order valence-corrected chi connectivity index (χ3v) is 7.78. The summed E-state index contributed by atoms with van der Waals surface area (Å²) in [4.78, 5) is 31.8. The first kappa shape index (κ1) is 28.6.